The molecule has 17 heavy (non-hydrogen) atoms. The van der Waals surface area contributed by atoms with Crippen molar-refractivity contribution in [1.82, 2.24) is 9.78 Å². The third kappa shape index (κ3) is 2.97. The van der Waals surface area contributed by atoms with Crippen LogP contribution in [0.25, 0.3) is 0 Å². The van der Waals surface area contributed by atoms with Crippen LogP contribution >= 0.6 is 0 Å². The van der Waals surface area contributed by atoms with Crippen LogP contribution in [0.2, 0.25) is 0 Å². The van der Waals surface area contributed by atoms with E-state index in [1.54, 1.807) is 35.3 Å². The summed E-state index contributed by atoms with van der Waals surface area (Å²) in [6.45, 7) is 0.548. The van der Waals surface area contributed by atoms with Gasteiger partial charge in [0.1, 0.15) is 0 Å². The number of nitrogens with one attached hydrogen (secondary N) is 1. The maximum absolute atomic E-state index is 10.5. The first-order valence-electron chi connectivity index (χ1n) is 5.00. The van der Waals surface area contributed by atoms with Crippen LogP contribution in [0.5, 0.6) is 0 Å². The van der Waals surface area contributed by atoms with E-state index in [4.69, 9.17) is 10.8 Å². The summed E-state index contributed by atoms with van der Waals surface area (Å²) in [6.07, 6.45) is 2.21. The van der Waals surface area contributed by atoms with Crippen LogP contribution in [0.3, 0.4) is 0 Å². The molecule has 0 unspecified atom stereocenters. The number of nitrogens with zero attached hydrogens (tertiary/aromatic N) is 2. The van der Waals surface area contributed by atoms with Gasteiger partial charge in [0.25, 0.3) is 0 Å². The summed E-state index contributed by atoms with van der Waals surface area (Å²) < 4.78 is 1.69. The number of benzene rings is 1. The summed E-state index contributed by atoms with van der Waals surface area (Å²) in [5.41, 5.74) is 7.64. The molecule has 0 aliphatic rings. The monoisotopic (exact) mass is 232 g/mol. The molecule has 0 bridgehead atoms. The van der Waals surface area contributed by atoms with Crippen molar-refractivity contribution in [2.24, 2.45) is 0 Å². The van der Waals surface area contributed by atoms with E-state index in [1.807, 2.05) is 6.07 Å². The Balaban J connectivity index is 2.13. The lowest BCUT2D eigenvalue weighted by molar-refractivity contribution is 0.210. The van der Waals surface area contributed by atoms with Crippen molar-refractivity contribution in [3.05, 3.63) is 42.2 Å². The molecule has 0 saturated carbocycles. The molecule has 0 radical (unpaired) electrons. The molecule has 0 saturated heterocycles. The molecule has 2 aromatic rings. The Morgan fingerprint density at radius 2 is 2.35 bits per heavy atom. The number of nitrogen functional groups attached to an aromatic ring is 1. The van der Waals surface area contributed by atoms with Crippen LogP contribution in [0, 0.1) is 0 Å². The number of aromatic nitrogens is 2. The van der Waals surface area contributed by atoms with Crippen LogP contribution in [0.4, 0.5) is 16.2 Å². The number of hydrogen-bond acceptors (Lipinski definition) is 3. The fourth-order valence-electron chi connectivity index (χ4n) is 1.52. The predicted molar refractivity (Wildman–Crippen MR) is 63.8 cm³/mol. The Morgan fingerprint density at radius 3 is 3.00 bits per heavy atom. The first-order chi connectivity index (χ1) is 8.13. The maximum atomic E-state index is 10.5. The zero-order valence-corrected chi connectivity index (χ0v) is 9.00. The summed E-state index contributed by atoms with van der Waals surface area (Å²) in [4.78, 5) is 10.5. The van der Waals surface area contributed by atoms with Gasteiger partial charge in [0.05, 0.1) is 18.4 Å². The Morgan fingerprint density at radius 1 is 1.53 bits per heavy atom. The molecule has 6 heteroatoms. The summed E-state index contributed by atoms with van der Waals surface area (Å²) >= 11 is 0. The van der Waals surface area contributed by atoms with Crippen molar-refractivity contribution in [2.75, 3.05) is 11.1 Å². The zero-order chi connectivity index (χ0) is 12.3. The molecule has 2 rings (SSSR count). The minimum absolute atomic E-state index is 0.537. The number of nitrogens with two attached hydrogens (primary N) is 1. The van der Waals surface area contributed by atoms with Gasteiger partial charge in [-0.3, -0.25) is 10.00 Å². The quantitative estimate of drug-likeness (QED) is 0.749. The van der Waals surface area contributed by atoms with Crippen molar-refractivity contribution in [3.63, 3.8) is 0 Å². The van der Waals surface area contributed by atoms with E-state index in [0.717, 1.165) is 5.56 Å². The summed E-state index contributed by atoms with van der Waals surface area (Å²) in [6, 6.07) is 7.12. The summed E-state index contributed by atoms with van der Waals surface area (Å²) in [5.74, 6) is 0. The lowest BCUT2D eigenvalue weighted by atomic mass is 10.2. The van der Waals surface area contributed by atoms with Gasteiger partial charge in [0.2, 0.25) is 0 Å². The van der Waals surface area contributed by atoms with E-state index in [-0.39, 0.29) is 0 Å². The van der Waals surface area contributed by atoms with E-state index < -0.39 is 6.09 Å². The molecule has 0 fully saturated rings. The average Bonchev–Trinajstić information content (AvgIpc) is 2.63. The van der Waals surface area contributed by atoms with Gasteiger partial charge < -0.3 is 10.8 Å². The van der Waals surface area contributed by atoms with Gasteiger partial charge in [-0.25, -0.2) is 4.79 Å². The SMILES string of the molecule is Nc1cnn(Cc2cccc(NC(=O)O)c2)c1. The topological polar surface area (TPSA) is 93.2 Å². The largest absolute Gasteiger partial charge is 0.465 e. The molecular formula is C11H12N4O2. The highest BCUT2D eigenvalue weighted by Crippen LogP contribution is 2.12. The van der Waals surface area contributed by atoms with Gasteiger partial charge in [-0.2, -0.15) is 5.10 Å². The van der Waals surface area contributed by atoms with Gasteiger partial charge in [-0.15, -0.1) is 0 Å². The Kier molecular flexibility index (Phi) is 2.95. The second-order valence-corrected chi connectivity index (χ2v) is 3.60. The molecule has 1 aromatic heterocycles. The first kappa shape index (κ1) is 11.0. The number of rotatable bonds is 3. The normalized spacial score (nSPS) is 10.1. The number of anilines is 2. The Bertz CT molecular complexity index is 536. The van der Waals surface area contributed by atoms with Crippen LogP contribution < -0.4 is 11.1 Å². The fourth-order valence-corrected chi connectivity index (χ4v) is 1.52. The van der Waals surface area contributed by atoms with Gasteiger partial charge in [-0.05, 0) is 17.7 Å². The van der Waals surface area contributed by atoms with E-state index >= 15 is 0 Å². The number of carbonyl (C=O) groups is 1. The van der Waals surface area contributed by atoms with E-state index in [1.165, 1.54) is 0 Å². The molecule has 1 aromatic carbocycles. The highest BCUT2D eigenvalue weighted by Gasteiger charge is 2.01. The molecular weight excluding hydrogens is 220 g/mol. The number of carboxylic acid groups (broad SMARTS) is 1. The van der Waals surface area contributed by atoms with Crippen molar-refractivity contribution < 1.29 is 9.90 Å². The van der Waals surface area contributed by atoms with Crippen LogP contribution in [-0.4, -0.2) is 21.0 Å². The van der Waals surface area contributed by atoms with Crippen molar-refractivity contribution in [1.29, 1.82) is 0 Å². The molecule has 88 valence electrons. The minimum atomic E-state index is -1.08. The Hall–Kier alpha value is -2.50. The van der Waals surface area contributed by atoms with Crippen LogP contribution in [0.15, 0.2) is 36.7 Å². The van der Waals surface area contributed by atoms with E-state index in [0.29, 0.717) is 17.9 Å². The smallest absolute Gasteiger partial charge is 0.409 e. The summed E-state index contributed by atoms with van der Waals surface area (Å²) in [7, 11) is 0. The molecule has 0 aliphatic carbocycles. The van der Waals surface area contributed by atoms with Crippen LogP contribution in [-0.2, 0) is 6.54 Å². The second-order valence-electron chi connectivity index (χ2n) is 3.60. The van der Waals surface area contributed by atoms with Gasteiger partial charge in [-0.1, -0.05) is 12.1 Å². The molecule has 1 amide bonds. The predicted octanol–water partition coefficient (Wildman–Crippen LogP) is 1.60. The highest BCUT2D eigenvalue weighted by molar-refractivity contribution is 5.82. The third-order valence-electron chi connectivity index (χ3n) is 2.18. The van der Waals surface area contributed by atoms with Gasteiger partial charge >= 0.3 is 6.09 Å². The van der Waals surface area contributed by atoms with Crippen LogP contribution in [0.1, 0.15) is 5.56 Å². The van der Waals surface area contributed by atoms with Gasteiger partial charge in [0.15, 0.2) is 0 Å². The fraction of sp³-hybridized carbons (Fsp3) is 0.0909. The van der Waals surface area contributed by atoms with Crippen molar-refractivity contribution >= 4 is 17.5 Å². The minimum Gasteiger partial charge on any atom is -0.465 e. The number of hydrogen-bond donors (Lipinski definition) is 3. The van der Waals surface area contributed by atoms with E-state index in [2.05, 4.69) is 10.4 Å². The summed E-state index contributed by atoms with van der Waals surface area (Å²) in [5, 5.41) is 15.0. The molecule has 0 atom stereocenters. The first-order valence-corrected chi connectivity index (χ1v) is 5.00. The van der Waals surface area contributed by atoms with Crippen molar-refractivity contribution in [3.8, 4) is 0 Å². The zero-order valence-electron chi connectivity index (χ0n) is 9.00. The lowest BCUT2D eigenvalue weighted by Crippen LogP contribution is -2.08. The average molecular weight is 232 g/mol. The maximum Gasteiger partial charge on any atom is 0.409 e. The van der Waals surface area contributed by atoms with Gasteiger partial charge in [0, 0.05) is 11.9 Å². The second kappa shape index (κ2) is 4.56. The molecule has 0 spiro atoms. The molecule has 0 aliphatic heterocycles. The molecule has 1 heterocycles. The Labute approximate surface area is 97.7 Å². The lowest BCUT2D eigenvalue weighted by Gasteiger charge is -2.05. The standard InChI is InChI=1S/C11H12N4O2/c12-9-5-13-15(7-9)6-8-2-1-3-10(4-8)14-11(16)17/h1-5,7,14H,6,12H2,(H,16,17). The molecule has 4 N–H and O–H groups in total. The van der Waals surface area contributed by atoms with E-state index in [9.17, 15) is 4.79 Å². The third-order valence-corrected chi connectivity index (χ3v) is 2.18. The number of amides is 1. The highest BCUT2D eigenvalue weighted by atomic mass is 16.4. The molecule has 6 nitrogen and oxygen atoms in total. The van der Waals surface area contributed by atoms with Crippen molar-refractivity contribution in [2.45, 2.75) is 6.54 Å².